The highest BCUT2D eigenvalue weighted by atomic mass is 16.2. The first kappa shape index (κ1) is 18.7. The average Bonchev–Trinajstić information content (AvgIpc) is 3.04. The van der Waals surface area contributed by atoms with E-state index in [9.17, 15) is 4.79 Å². The molecule has 1 aromatic carbocycles. The monoisotopic (exact) mass is 367 g/mol. The third kappa shape index (κ3) is 4.73. The van der Waals surface area contributed by atoms with Crippen molar-refractivity contribution in [1.29, 1.82) is 0 Å². The maximum Gasteiger partial charge on any atom is 0.320 e. The zero-order chi connectivity index (χ0) is 19.2. The first-order valence-electron chi connectivity index (χ1n) is 8.92. The molecule has 27 heavy (non-hydrogen) atoms. The minimum atomic E-state index is -0.302. The first-order chi connectivity index (χ1) is 13.1. The van der Waals surface area contributed by atoms with Crippen LogP contribution in [0.2, 0.25) is 0 Å². The van der Waals surface area contributed by atoms with E-state index < -0.39 is 0 Å². The van der Waals surface area contributed by atoms with Crippen LogP contribution in [0.25, 0.3) is 10.9 Å². The summed E-state index contributed by atoms with van der Waals surface area (Å²) in [5.41, 5.74) is 1.86. The lowest BCUT2D eigenvalue weighted by Crippen LogP contribution is -2.37. The standard InChI is InChI=1S/C19H25N7O/c1-4-20-18-14-11-21-17(10-15(14)24-25-18)23-19(27)22-16(12-26(2)3)13-8-6-5-7-9-13/h5-11,16H,4,12H2,1-3H3,(H2,20,24,25)(H2,21,22,23,27)/t16-/m0/s1. The van der Waals surface area contributed by atoms with Gasteiger partial charge in [-0.3, -0.25) is 10.4 Å². The number of H-pyrrole nitrogens is 1. The van der Waals surface area contributed by atoms with Crippen LogP contribution in [-0.4, -0.2) is 53.3 Å². The number of hydrogen-bond donors (Lipinski definition) is 4. The van der Waals surface area contributed by atoms with E-state index in [1.54, 1.807) is 12.3 Å². The summed E-state index contributed by atoms with van der Waals surface area (Å²) >= 11 is 0. The van der Waals surface area contributed by atoms with E-state index >= 15 is 0 Å². The fourth-order valence-corrected chi connectivity index (χ4v) is 2.88. The smallest absolute Gasteiger partial charge is 0.320 e. The van der Waals surface area contributed by atoms with E-state index in [0.717, 1.165) is 28.8 Å². The molecule has 2 amide bonds. The van der Waals surface area contributed by atoms with Crippen LogP contribution in [0.3, 0.4) is 0 Å². The molecular formula is C19H25N7O. The lowest BCUT2D eigenvalue weighted by atomic mass is 10.1. The largest absolute Gasteiger partial charge is 0.368 e. The molecular weight excluding hydrogens is 342 g/mol. The van der Waals surface area contributed by atoms with Crippen molar-refractivity contribution in [3.8, 4) is 0 Å². The van der Waals surface area contributed by atoms with E-state index in [4.69, 9.17) is 0 Å². The van der Waals surface area contributed by atoms with Crippen molar-refractivity contribution in [2.45, 2.75) is 13.0 Å². The van der Waals surface area contributed by atoms with Gasteiger partial charge in [-0.25, -0.2) is 9.78 Å². The molecule has 142 valence electrons. The third-order valence-electron chi connectivity index (χ3n) is 4.09. The molecule has 8 heteroatoms. The number of benzene rings is 1. The van der Waals surface area contributed by atoms with Crippen molar-refractivity contribution in [2.75, 3.05) is 37.8 Å². The fourth-order valence-electron chi connectivity index (χ4n) is 2.88. The van der Waals surface area contributed by atoms with Crippen molar-refractivity contribution in [3.05, 3.63) is 48.2 Å². The summed E-state index contributed by atoms with van der Waals surface area (Å²) in [7, 11) is 3.95. The number of nitrogens with one attached hydrogen (secondary N) is 4. The zero-order valence-electron chi connectivity index (χ0n) is 15.8. The number of aromatic nitrogens is 3. The minimum absolute atomic E-state index is 0.127. The van der Waals surface area contributed by atoms with Gasteiger partial charge in [-0.05, 0) is 26.6 Å². The molecule has 0 fully saturated rings. The van der Waals surface area contributed by atoms with Crippen molar-refractivity contribution in [1.82, 2.24) is 25.4 Å². The second kappa shape index (κ2) is 8.50. The third-order valence-corrected chi connectivity index (χ3v) is 4.09. The predicted molar refractivity (Wildman–Crippen MR) is 108 cm³/mol. The molecule has 0 aliphatic rings. The van der Waals surface area contributed by atoms with Crippen LogP contribution < -0.4 is 16.0 Å². The predicted octanol–water partition coefficient (Wildman–Crippen LogP) is 2.81. The van der Waals surface area contributed by atoms with E-state index in [2.05, 4.69) is 31.1 Å². The number of rotatable bonds is 7. The number of fused-ring (bicyclic) bond motifs is 1. The van der Waals surface area contributed by atoms with Gasteiger partial charge in [-0.1, -0.05) is 30.3 Å². The molecule has 0 bridgehead atoms. The van der Waals surface area contributed by atoms with Crippen LogP contribution in [-0.2, 0) is 0 Å². The second-order valence-electron chi connectivity index (χ2n) is 6.54. The van der Waals surface area contributed by atoms with Crippen LogP contribution in [0.1, 0.15) is 18.5 Å². The average molecular weight is 367 g/mol. The van der Waals surface area contributed by atoms with E-state index in [-0.39, 0.29) is 12.1 Å². The van der Waals surface area contributed by atoms with Gasteiger partial charge in [0, 0.05) is 25.4 Å². The molecule has 0 radical (unpaired) electrons. The number of urea groups is 1. The number of aromatic amines is 1. The van der Waals surface area contributed by atoms with Gasteiger partial charge in [0.1, 0.15) is 5.82 Å². The SMILES string of the molecule is CCNc1n[nH]c2cc(NC(=O)N[C@@H](CN(C)C)c3ccccc3)ncc12. The first-order valence-corrected chi connectivity index (χ1v) is 8.92. The molecule has 0 aliphatic carbocycles. The molecule has 0 unspecified atom stereocenters. The molecule has 0 aliphatic heterocycles. The summed E-state index contributed by atoms with van der Waals surface area (Å²) < 4.78 is 0. The Morgan fingerprint density at radius 3 is 2.74 bits per heavy atom. The van der Waals surface area contributed by atoms with Gasteiger partial charge in [-0.2, -0.15) is 5.10 Å². The lowest BCUT2D eigenvalue weighted by molar-refractivity contribution is 0.244. The second-order valence-corrected chi connectivity index (χ2v) is 6.54. The number of nitrogens with zero attached hydrogens (tertiary/aromatic N) is 3. The number of hydrogen-bond acceptors (Lipinski definition) is 5. The molecule has 3 aromatic rings. The summed E-state index contributed by atoms with van der Waals surface area (Å²) in [5, 5.41) is 17.0. The number of likely N-dealkylation sites (N-methyl/N-ethyl adjacent to an activating group) is 1. The molecule has 0 spiro atoms. The quantitative estimate of drug-likeness (QED) is 0.515. The van der Waals surface area contributed by atoms with Crippen molar-refractivity contribution >= 4 is 28.6 Å². The molecule has 2 heterocycles. The normalized spacial score (nSPS) is 12.1. The van der Waals surface area contributed by atoms with Crippen LogP contribution >= 0.6 is 0 Å². The molecule has 3 rings (SSSR count). The molecule has 0 saturated carbocycles. The van der Waals surface area contributed by atoms with E-state index in [0.29, 0.717) is 12.4 Å². The van der Waals surface area contributed by atoms with Gasteiger partial charge in [0.25, 0.3) is 0 Å². The van der Waals surface area contributed by atoms with Gasteiger partial charge < -0.3 is 15.5 Å². The highest BCUT2D eigenvalue weighted by molar-refractivity contribution is 5.94. The number of carbonyl (C=O) groups excluding carboxylic acids is 1. The van der Waals surface area contributed by atoms with Crippen LogP contribution in [0.4, 0.5) is 16.4 Å². The van der Waals surface area contributed by atoms with Crippen molar-refractivity contribution in [3.63, 3.8) is 0 Å². The van der Waals surface area contributed by atoms with Gasteiger partial charge in [0.15, 0.2) is 5.82 Å². The number of carbonyl (C=O) groups is 1. The molecule has 8 nitrogen and oxygen atoms in total. The lowest BCUT2D eigenvalue weighted by Gasteiger charge is -2.23. The van der Waals surface area contributed by atoms with Crippen LogP contribution in [0.5, 0.6) is 0 Å². The summed E-state index contributed by atoms with van der Waals surface area (Å²) in [5.74, 6) is 1.22. The Bertz CT molecular complexity index is 891. The number of pyridine rings is 1. The Morgan fingerprint density at radius 2 is 2.04 bits per heavy atom. The van der Waals surface area contributed by atoms with E-state index in [1.165, 1.54) is 0 Å². The Hall–Kier alpha value is -3.13. The van der Waals surface area contributed by atoms with E-state index in [1.807, 2.05) is 56.3 Å². The van der Waals surface area contributed by atoms with Crippen molar-refractivity contribution < 1.29 is 4.79 Å². The maximum atomic E-state index is 12.5. The highest BCUT2D eigenvalue weighted by Gasteiger charge is 2.16. The minimum Gasteiger partial charge on any atom is -0.368 e. The molecule has 2 aromatic heterocycles. The fraction of sp³-hybridized carbons (Fsp3) is 0.316. The Labute approximate surface area is 158 Å². The van der Waals surface area contributed by atoms with Crippen LogP contribution in [0.15, 0.2) is 42.6 Å². The molecule has 0 saturated heterocycles. The van der Waals surface area contributed by atoms with Gasteiger partial charge in [0.05, 0.1) is 16.9 Å². The Kier molecular flexibility index (Phi) is 5.87. The maximum absolute atomic E-state index is 12.5. The number of anilines is 2. The summed E-state index contributed by atoms with van der Waals surface area (Å²) in [6.45, 7) is 3.47. The number of amides is 2. The highest BCUT2D eigenvalue weighted by Crippen LogP contribution is 2.21. The van der Waals surface area contributed by atoms with Gasteiger partial charge in [0.2, 0.25) is 0 Å². The van der Waals surface area contributed by atoms with Crippen molar-refractivity contribution in [2.24, 2.45) is 0 Å². The Balaban J connectivity index is 1.71. The topological polar surface area (TPSA) is 98.0 Å². The zero-order valence-corrected chi connectivity index (χ0v) is 15.8. The Morgan fingerprint density at radius 1 is 1.26 bits per heavy atom. The van der Waals surface area contributed by atoms with Gasteiger partial charge >= 0.3 is 6.03 Å². The van der Waals surface area contributed by atoms with Crippen LogP contribution in [0, 0.1) is 0 Å². The molecule has 1 atom stereocenters. The summed E-state index contributed by atoms with van der Waals surface area (Å²) in [6.07, 6.45) is 1.70. The van der Waals surface area contributed by atoms with Gasteiger partial charge in [-0.15, -0.1) is 0 Å². The molecule has 4 N–H and O–H groups in total. The summed E-state index contributed by atoms with van der Waals surface area (Å²) in [6, 6.07) is 11.2. The summed E-state index contributed by atoms with van der Waals surface area (Å²) in [4.78, 5) is 18.9.